The Bertz CT molecular complexity index is 1360. The van der Waals surface area contributed by atoms with Gasteiger partial charge in [-0.15, -0.1) is 0 Å². The molecule has 4 aromatic rings. The number of piperazine rings is 1. The Morgan fingerprint density at radius 1 is 0.833 bits per heavy atom. The zero-order valence-electron chi connectivity index (χ0n) is 21.2. The highest BCUT2D eigenvalue weighted by atomic mass is 16.5. The molecular formula is C30H33N5O. The molecule has 36 heavy (non-hydrogen) atoms. The zero-order valence-corrected chi connectivity index (χ0v) is 21.2. The molecular weight excluding hydrogens is 446 g/mol. The van der Waals surface area contributed by atoms with Crippen LogP contribution in [0.5, 0.6) is 5.75 Å². The summed E-state index contributed by atoms with van der Waals surface area (Å²) in [6, 6.07) is 23.3. The number of rotatable bonds is 5. The molecule has 3 heterocycles. The second-order valence-corrected chi connectivity index (χ2v) is 9.92. The maximum Gasteiger partial charge on any atom is 0.135 e. The van der Waals surface area contributed by atoms with Gasteiger partial charge in [-0.3, -0.25) is 0 Å². The summed E-state index contributed by atoms with van der Waals surface area (Å²) in [5, 5.41) is 2.44. The van der Waals surface area contributed by atoms with E-state index in [1.807, 2.05) is 13.0 Å². The summed E-state index contributed by atoms with van der Waals surface area (Å²) >= 11 is 0. The van der Waals surface area contributed by atoms with Gasteiger partial charge in [0.05, 0.1) is 12.2 Å². The second kappa shape index (κ2) is 9.78. The van der Waals surface area contributed by atoms with Gasteiger partial charge in [0.2, 0.25) is 0 Å². The Morgan fingerprint density at radius 3 is 2.44 bits per heavy atom. The zero-order chi connectivity index (χ0) is 24.5. The van der Waals surface area contributed by atoms with Crippen LogP contribution >= 0.6 is 0 Å². The summed E-state index contributed by atoms with van der Waals surface area (Å²) in [5.41, 5.74) is 4.85. The Labute approximate surface area is 213 Å². The number of ether oxygens (including phenoxy) is 1. The molecule has 1 saturated heterocycles. The molecule has 2 aliphatic heterocycles. The summed E-state index contributed by atoms with van der Waals surface area (Å²) in [4.78, 5) is 17.1. The molecule has 0 unspecified atom stereocenters. The molecule has 0 N–H and O–H groups in total. The van der Waals surface area contributed by atoms with Crippen molar-refractivity contribution in [3.63, 3.8) is 0 Å². The number of aryl methyl sites for hydroxylation is 1. The number of likely N-dealkylation sites (N-methyl/N-ethyl adjacent to an activating group) is 1. The summed E-state index contributed by atoms with van der Waals surface area (Å²) < 4.78 is 6.26. The number of anilines is 2. The highest BCUT2D eigenvalue weighted by molar-refractivity contribution is 5.95. The lowest BCUT2D eigenvalue weighted by atomic mass is 10.0. The van der Waals surface area contributed by atoms with E-state index in [1.165, 1.54) is 27.6 Å². The van der Waals surface area contributed by atoms with Crippen molar-refractivity contribution in [2.45, 2.75) is 26.5 Å². The van der Waals surface area contributed by atoms with Crippen molar-refractivity contribution in [3.8, 4) is 5.75 Å². The van der Waals surface area contributed by atoms with Gasteiger partial charge in [-0.25, -0.2) is 9.97 Å². The SMILES string of the molecule is Cc1nc2c(c(N3CCN(C)CC3)n1)CCN(c1cc(OCc3ccccc3)cc3ccccc13)C2. The largest absolute Gasteiger partial charge is 0.489 e. The number of benzene rings is 3. The number of fused-ring (bicyclic) bond motifs is 2. The molecule has 2 aliphatic rings. The molecule has 0 bridgehead atoms. The van der Waals surface area contributed by atoms with Gasteiger partial charge in [0, 0.05) is 55.4 Å². The number of hydrogen-bond donors (Lipinski definition) is 0. The molecule has 1 fully saturated rings. The van der Waals surface area contributed by atoms with E-state index in [-0.39, 0.29) is 0 Å². The van der Waals surface area contributed by atoms with Crippen LogP contribution in [0.3, 0.4) is 0 Å². The highest BCUT2D eigenvalue weighted by Gasteiger charge is 2.27. The van der Waals surface area contributed by atoms with E-state index < -0.39 is 0 Å². The summed E-state index contributed by atoms with van der Waals surface area (Å²) in [7, 11) is 2.19. The van der Waals surface area contributed by atoms with Crippen LogP contribution in [0.25, 0.3) is 10.8 Å². The van der Waals surface area contributed by atoms with Crippen LogP contribution in [-0.2, 0) is 19.6 Å². The van der Waals surface area contributed by atoms with E-state index in [0.29, 0.717) is 6.61 Å². The minimum Gasteiger partial charge on any atom is -0.489 e. The predicted molar refractivity (Wildman–Crippen MR) is 146 cm³/mol. The van der Waals surface area contributed by atoms with Crippen molar-refractivity contribution in [2.75, 3.05) is 49.6 Å². The lowest BCUT2D eigenvalue weighted by Gasteiger charge is -2.37. The van der Waals surface area contributed by atoms with Crippen LogP contribution in [0.15, 0.2) is 66.7 Å². The minimum atomic E-state index is 0.558. The van der Waals surface area contributed by atoms with E-state index in [2.05, 4.69) is 82.4 Å². The average molecular weight is 480 g/mol. The van der Waals surface area contributed by atoms with Gasteiger partial charge in [-0.1, -0.05) is 54.6 Å². The predicted octanol–water partition coefficient (Wildman–Crippen LogP) is 4.83. The average Bonchev–Trinajstić information content (AvgIpc) is 2.91. The van der Waals surface area contributed by atoms with E-state index in [1.54, 1.807) is 0 Å². The fraction of sp³-hybridized carbons (Fsp3) is 0.333. The Hall–Kier alpha value is -3.64. The first-order chi connectivity index (χ1) is 17.6. The Morgan fingerprint density at radius 2 is 1.61 bits per heavy atom. The molecule has 0 amide bonds. The maximum atomic E-state index is 6.26. The van der Waals surface area contributed by atoms with Crippen molar-refractivity contribution in [2.24, 2.45) is 0 Å². The topological polar surface area (TPSA) is 44.7 Å². The molecule has 0 spiro atoms. The van der Waals surface area contributed by atoms with Crippen LogP contribution in [0, 0.1) is 6.92 Å². The fourth-order valence-electron chi connectivity index (χ4n) is 5.37. The summed E-state index contributed by atoms with van der Waals surface area (Å²) in [6.45, 7) is 8.49. The molecule has 0 aliphatic carbocycles. The van der Waals surface area contributed by atoms with Crippen LogP contribution < -0.4 is 14.5 Å². The highest BCUT2D eigenvalue weighted by Crippen LogP contribution is 2.36. The lowest BCUT2D eigenvalue weighted by molar-refractivity contribution is 0.306. The molecule has 0 radical (unpaired) electrons. The van der Waals surface area contributed by atoms with Gasteiger partial charge in [-0.05, 0) is 37.4 Å². The summed E-state index contributed by atoms with van der Waals surface area (Å²) in [6.07, 6.45) is 0.945. The molecule has 6 heteroatoms. The minimum absolute atomic E-state index is 0.558. The molecule has 184 valence electrons. The van der Waals surface area contributed by atoms with Gasteiger partial charge in [0.1, 0.15) is 24.0 Å². The van der Waals surface area contributed by atoms with E-state index in [9.17, 15) is 0 Å². The third-order valence-corrected chi connectivity index (χ3v) is 7.36. The fourth-order valence-corrected chi connectivity index (χ4v) is 5.37. The maximum absolute atomic E-state index is 6.26. The lowest BCUT2D eigenvalue weighted by Crippen LogP contribution is -2.46. The van der Waals surface area contributed by atoms with E-state index >= 15 is 0 Å². The summed E-state index contributed by atoms with van der Waals surface area (Å²) in [5.74, 6) is 2.90. The van der Waals surface area contributed by atoms with Gasteiger partial charge in [0.25, 0.3) is 0 Å². The van der Waals surface area contributed by atoms with E-state index in [0.717, 1.165) is 68.8 Å². The first-order valence-electron chi connectivity index (χ1n) is 12.9. The molecule has 0 atom stereocenters. The van der Waals surface area contributed by atoms with Crippen molar-refractivity contribution in [1.29, 1.82) is 0 Å². The Balaban J connectivity index is 1.31. The van der Waals surface area contributed by atoms with Crippen LogP contribution in [-0.4, -0.2) is 54.6 Å². The normalized spacial score (nSPS) is 16.3. The van der Waals surface area contributed by atoms with Gasteiger partial charge in [0.15, 0.2) is 0 Å². The number of hydrogen-bond acceptors (Lipinski definition) is 6. The molecule has 0 saturated carbocycles. The van der Waals surface area contributed by atoms with Crippen LogP contribution in [0.1, 0.15) is 22.6 Å². The number of nitrogens with zero attached hydrogens (tertiary/aromatic N) is 5. The Kier molecular flexibility index (Phi) is 6.20. The van der Waals surface area contributed by atoms with Gasteiger partial charge >= 0.3 is 0 Å². The van der Waals surface area contributed by atoms with Crippen LogP contribution in [0.2, 0.25) is 0 Å². The van der Waals surface area contributed by atoms with Gasteiger partial charge < -0.3 is 19.4 Å². The molecule has 6 rings (SSSR count). The monoisotopic (exact) mass is 479 g/mol. The second-order valence-electron chi connectivity index (χ2n) is 9.92. The quantitative estimate of drug-likeness (QED) is 0.409. The standard InChI is InChI=1S/C30H33N5O/c1-22-31-28-20-35(13-12-27(28)30(32-22)34-16-14-33(2)15-17-34)29-19-25(18-24-10-6-7-11-26(24)29)36-21-23-8-4-3-5-9-23/h3-11,18-19H,12-17,20-21H2,1-2H3. The first-order valence-corrected chi connectivity index (χ1v) is 12.9. The third-order valence-electron chi connectivity index (χ3n) is 7.36. The van der Waals surface area contributed by atoms with Crippen molar-refractivity contribution < 1.29 is 4.74 Å². The first kappa shape index (κ1) is 22.8. The smallest absolute Gasteiger partial charge is 0.135 e. The molecule has 1 aromatic heterocycles. The molecule has 3 aromatic carbocycles. The van der Waals surface area contributed by atoms with Crippen molar-refractivity contribution in [1.82, 2.24) is 14.9 Å². The number of aromatic nitrogens is 2. The van der Waals surface area contributed by atoms with Crippen LogP contribution in [0.4, 0.5) is 11.5 Å². The van der Waals surface area contributed by atoms with Crippen molar-refractivity contribution in [3.05, 3.63) is 89.4 Å². The molecule has 6 nitrogen and oxygen atoms in total. The van der Waals surface area contributed by atoms with Gasteiger partial charge in [-0.2, -0.15) is 0 Å². The van der Waals surface area contributed by atoms with Crippen molar-refractivity contribution >= 4 is 22.3 Å². The van der Waals surface area contributed by atoms with E-state index in [4.69, 9.17) is 14.7 Å². The third kappa shape index (κ3) is 4.61.